The van der Waals surface area contributed by atoms with E-state index in [-0.39, 0.29) is 12.1 Å². The summed E-state index contributed by atoms with van der Waals surface area (Å²) in [4.78, 5) is 2.40. The second kappa shape index (κ2) is 5.63. The third-order valence-corrected chi connectivity index (χ3v) is 3.55. The molecule has 3 heteroatoms. The number of rotatable bonds is 4. The highest BCUT2D eigenvalue weighted by Crippen LogP contribution is 2.23. The van der Waals surface area contributed by atoms with Crippen LogP contribution in [0.3, 0.4) is 0 Å². The van der Waals surface area contributed by atoms with E-state index in [0.29, 0.717) is 6.42 Å². The van der Waals surface area contributed by atoms with Gasteiger partial charge in [0.15, 0.2) is 0 Å². The van der Waals surface area contributed by atoms with Crippen LogP contribution in [-0.2, 0) is 6.54 Å². The summed E-state index contributed by atoms with van der Waals surface area (Å²) in [5.41, 5.74) is 7.45. The first-order chi connectivity index (χ1) is 8.22. The maximum absolute atomic E-state index is 9.06. The van der Waals surface area contributed by atoms with Crippen LogP contribution in [0.2, 0.25) is 0 Å². The van der Waals surface area contributed by atoms with Crippen LogP contribution in [0.5, 0.6) is 0 Å². The van der Waals surface area contributed by atoms with E-state index in [0.717, 1.165) is 32.5 Å². The van der Waals surface area contributed by atoms with Crippen LogP contribution in [0.25, 0.3) is 0 Å². The van der Waals surface area contributed by atoms with Crippen LogP contribution < -0.4 is 5.73 Å². The number of likely N-dealkylation sites (tertiary alicyclic amines) is 1. The number of aliphatic hydroxyl groups is 1. The van der Waals surface area contributed by atoms with Crippen molar-refractivity contribution in [3.63, 3.8) is 0 Å². The molecule has 0 saturated carbocycles. The van der Waals surface area contributed by atoms with Crippen LogP contribution in [0.1, 0.15) is 24.8 Å². The van der Waals surface area contributed by atoms with Crippen molar-refractivity contribution >= 4 is 0 Å². The summed E-state index contributed by atoms with van der Waals surface area (Å²) >= 11 is 0. The standard InChI is InChI=1S/C14H22N2O/c15-14(8-10-17)7-4-9-16(12-14)11-13-5-2-1-3-6-13/h1-3,5-6,17H,4,7-12,15H2. The van der Waals surface area contributed by atoms with Crippen molar-refractivity contribution in [3.05, 3.63) is 35.9 Å². The molecule has 0 spiro atoms. The van der Waals surface area contributed by atoms with E-state index >= 15 is 0 Å². The lowest BCUT2D eigenvalue weighted by Gasteiger charge is -2.40. The highest BCUT2D eigenvalue weighted by atomic mass is 16.3. The smallest absolute Gasteiger partial charge is 0.0449 e. The molecule has 0 aliphatic carbocycles. The summed E-state index contributed by atoms with van der Waals surface area (Å²) in [6.45, 7) is 3.16. The van der Waals surface area contributed by atoms with Crippen LogP contribution in [-0.4, -0.2) is 35.2 Å². The lowest BCUT2D eigenvalue weighted by Crippen LogP contribution is -2.54. The molecule has 0 amide bonds. The maximum atomic E-state index is 9.06. The average Bonchev–Trinajstić information content (AvgIpc) is 2.30. The van der Waals surface area contributed by atoms with Crippen molar-refractivity contribution in [2.24, 2.45) is 5.73 Å². The number of nitrogens with zero attached hydrogens (tertiary/aromatic N) is 1. The molecule has 3 nitrogen and oxygen atoms in total. The molecule has 0 bridgehead atoms. The van der Waals surface area contributed by atoms with Gasteiger partial charge in [-0.05, 0) is 31.4 Å². The molecule has 1 aliphatic heterocycles. The first kappa shape index (κ1) is 12.6. The fourth-order valence-electron chi connectivity index (χ4n) is 2.66. The molecule has 94 valence electrons. The number of hydrogen-bond donors (Lipinski definition) is 2. The van der Waals surface area contributed by atoms with E-state index in [9.17, 15) is 0 Å². The van der Waals surface area contributed by atoms with E-state index in [1.165, 1.54) is 5.56 Å². The van der Waals surface area contributed by atoms with Crippen LogP contribution in [0.15, 0.2) is 30.3 Å². The molecule has 3 N–H and O–H groups in total. The van der Waals surface area contributed by atoms with Gasteiger partial charge in [0.2, 0.25) is 0 Å². The number of aliphatic hydroxyl groups excluding tert-OH is 1. The van der Waals surface area contributed by atoms with E-state index in [2.05, 4.69) is 29.2 Å². The summed E-state index contributed by atoms with van der Waals surface area (Å²) in [5, 5.41) is 9.06. The Hall–Kier alpha value is -0.900. The third-order valence-electron chi connectivity index (χ3n) is 3.55. The highest BCUT2D eigenvalue weighted by molar-refractivity contribution is 5.14. The van der Waals surface area contributed by atoms with Gasteiger partial charge < -0.3 is 10.8 Å². The number of hydrogen-bond acceptors (Lipinski definition) is 3. The Morgan fingerprint density at radius 2 is 2.06 bits per heavy atom. The molecule has 1 fully saturated rings. The first-order valence-electron chi connectivity index (χ1n) is 6.38. The second-order valence-corrected chi connectivity index (χ2v) is 5.14. The van der Waals surface area contributed by atoms with Crippen LogP contribution in [0, 0.1) is 0 Å². The molecule has 2 rings (SSSR count). The van der Waals surface area contributed by atoms with Crippen molar-refractivity contribution in [2.45, 2.75) is 31.3 Å². The molecule has 1 atom stereocenters. The van der Waals surface area contributed by atoms with E-state index in [1.54, 1.807) is 0 Å². The second-order valence-electron chi connectivity index (χ2n) is 5.14. The van der Waals surface area contributed by atoms with Crippen molar-refractivity contribution in [2.75, 3.05) is 19.7 Å². The molecule has 1 aromatic carbocycles. The van der Waals surface area contributed by atoms with Crippen molar-refractivity contribution in [1.82, 2.24) is 4.90 Å². The molecule has 1 heterocycles. The van der Waals surface area contributed by atoms with Gasteiger partial charge in [0.1, 0.15) is 0 Å². The minimum Gasteiger partial charge on any atom is -0.396 e. The largest absolute Gasteiger partial charge is 0.396 e. The van der Waals surface area contributed by atoms with Gasteiger partial charge in [-0.2, -0.15) is 0 Å². The Labute approximate surface area is 103 Å². The van der Waals surface area contributed by atoms with E-state index in [1.807, 2.05) is 6.07 Å². The predicted molar refractivity (Wildman–Crippen MR) is 69.6 cm³/mol. The van der Waals surface area contributed by atoms with E-state index in [4.69, 9.17) is 10.8 Å². The Bertz CT molecular complexity index is 337. The number of piperidine rings is 1. The Morgan fingerprint density at radius 3 is 2.76 bits per heavy atom. The Morgan fingerprint density at radius 1 is 1.29 bits per heavy atom. The van der Waals surface area contributed by atoms with Gasteiger partial charge >= 0.3 is 0 Å². The highest BCUT2D eigenvalue weighted by Gasteiger charge is 2.30. The normalized spacial score (nSPS) is 26.0. The fraction of sp³-hybridized carbons (Fsp3) is 0.571. The van der Waals surface area contributed by atoms with Gasteiger partial charge in [-0.1, -0.05) is 30.3 Å². The van der Waals surface area contributed by atoms with Crippen molar-refractivity contribution in [3.8, 4) is 0 Å². The quantitative estimate of drug-likeness (QED) is 0.827. The Balaban J connectivity index is 1.94. The van der Waals surface area contributed by atoms with Crippen molar-refractivity contribution in [1.29, 1.82) is 0 Å². The monoisotopic (exact) mass is 234 g/mol. The zero-order chi connectivity index (χ0) is 12.1. The SMILES string of the molecule is NC1(CCO)CCCN(Cc2ccccc2)C1. The lowest BCUT2D eigenvalue weighted by atomic mass is 9.87. The van der Waals surface area contributed by atoms with Crippen LogP contribution in [0.4, 0.5) is 0 Å². The third kappa shape index (κ3) is 3.53. The number of nitrogens with two attached hydrogens (primary N) is 1. The maximum Gasteiger partial charge on any atom is 0.0449 e. The molecule has 1 saturated heterocycles. The fourth-order valence-corrected chi connectivity index (χ4v) is 2.66. The molecular formula is C14H22N2O. The molecule has 17 heavy (non-hydrogen) atoms. The summed E-state index contributed by atoms with van der Waals surface area (Å²) in [6.07, 6.45) is 2.86. The topological polar surface area (TPSA) is 49.5 Å². The first-order valence-corrected chi connectivity index (χ1v) is 6.38. The number of benzene rings is 1. The molecule has 1 aliphatic rings. The summed E-state index contributed by atoms with van der Waals surface area (Å²) in [5.74, 6) is 0. The molecule has 0 radical (unpaired) electrons. The van der Waals surface area contributed by atoms with Crippen molar-refractivity contribution < 1.29 is 5.11 Å². The van der Waals surface area contributed by atoms with Gasteiger partial charge in [0.25, 0.3) is 0 Å². The van der Waals surface area contributed by atoms with E-state index < -0.39 is 0 Å². The lowest BCUT2D eigenvalue weighted by molar-refractivity contribution is 0.118. The molecule has 1 unspecified atom stereocenters. The average molecular weight is 234 g/mol. The van der Waals surface area contributed by atoms with Gasteiger partial charge in [0.05, 0.1) is 0 Å². The molecular weight excluding hydrogens is 212 g/mol. The summed E-state index contributed by atoms with van der Waals surface area (Å²) < 4.78 is 0. The Kier molecular flexibility index (Phi) is 4.15. The van der Waals surface area contributed by atoms with Gasteiger partial charge in [-0.25, -0.2) is 0 Å². The molecule has 1 aromatic rings. The minimum atomic E-state index is -0.193. The summed E-state index contributed by atoms with van der Waals surface area (Å²) in [6, 6.07) is 10.5. The minimum absolute atomic E-state index is 0.190. The van der Waals surface area contributed by atoms with Gasteiger partial charge in [-0.3, -0.25) is 4.90 Å². The summed E-state index contributed by atoms with van der Waals surface area (Å²) in [7, 11) is 0. The van der Waals surface area contributed by atoms with Gasteiger partial charge in [0, 0.05) is 25.2 Å². The van der Waals surface area contributed by atoms with Gasteiger partial charge in [-0.15, -0.1) is 0 Å². The zero-order valence-electron chi connectivity index (χ0n) is 10.3. The molecule has 0 aromatic heterocycles. The van der Waals surface area contributed by atoms with Crippen LogP contribution >= 0.6 is 0 Å². The predicted octanol–water partition coefficient (Wildman–Crippen LogP) is 1.36. The zero-order valence-corrected chi connectivity index (χ0v) is 10.3.